The molecule has 1 unspecified atom stereocenters. The van der Waals surface area contributed by atoms with Gasteiger partial charge in [-0.15, -0.1) is 0 Å². The van der Waals surface area contributed by atoms with Gasteiger partial charge in [-0.25, -0.2) is 13.4 Å². The lowest BCUT2D eigenvalue weighted by Gasteiger charge is -2.19. The summed E-state index contributed by atoms with van der Waals surface area (Å²) < 4.78 is 31.0. The van der Waals surface area contributed by atoms with Gasteiger partial charge in [0, 0.05) is 20.2 Å². The fraction of sp³-hybridized carbons (Fsp3) is 0.700. The number of imidazole rings is 1. The number of hydrogen-bond acceptors (Lipinski definition) is 4. The molecule has 0 amide bonds. The van der Waals surface area contributed by atoms with E-state index in [2.05, 4.69) is 9.97 Å². The zero-order valence-corrected chi connectivity index (χ0v) is 10.8. The Hall–Kier alpha value is -0.920. The van der Waals surface area contributed by atoms with Gasteiger partial charge >= 0.3 is 0 Å². The van der Waals surface area contributed by atoms with E-state index in [1.54, 1.807) is 14.0 Å². The van der Waals surface area contributed by atoms with Gasteiger partial charge in [-0.2, -0.15) is 4.31 Å². The number of H-pyrrole nitrogens is 1. The Morgan fingerprint density at radius 2 is 2.41 bits per heavy atom. The molecule has 1 N–H and O–H groups in total. The van der Waals surface area contributed by atoms with Crippen molar-refractivity contribution < 1.29 is 13.2 Å². The maximum Gasteiger partial charge on any atom is 0.259 e. The minimum Gasteiger partial charge on any atom is -0.377 e. The molecule has 0 saturated carbocycles. The second kappa shape index (κ2) is 4.75. The van der Waals surface area contributed by atoms with Crippen LogP contribution in [0.15, 0.2) is 11.2 Å². The quantitative estimate of drug-likeness (QED) is 0.855. The first-order valence-electron chi connectivity index (χ1n) is 5.59. The van der Waals surface area contributed by atoms with Gasteiger partial charge in [0.1, 0.15) is 5.82 Å². The van der Waals surface area contributed by atoms with Crippen molar-refractivity contribution in [2.24, 2.45) is 0 Å². The van der Waals surface area contributed by atoms with E-state index in [9.17, 15) is 8.42 Å². The lowest BCUT2D eigenvalue weighted by Crippen LogP contribution is -2.34. The molecule has 0 aromatic carbocycles. The van der Waals surface area contributed by atoms with Crippen molar-refractivity contribution >= 4 is 10.0 Å². The lowest BCUT2D eigenvalue weighted by molar-refractivity contribution is 0.0978. The van der Waals surface area contributed by atoms with Gasteiger partial charge in [0.25, 0.3) is 10.0 Å². The molecule has 0 aliphatic carbocycles. The van der Waals surface area contributed by atoms with Gasteiger partial charge in [-0.05, 0) is 19.8 Å². The Morgan fingerprint density at radius 3 is 2.94 bits per heavy atom. The van der Waals surface area contributed by atoms with Crippen LogP contribution in [-0.4, -0.2) is 49.0 Å². The van der Waals surface area contributed by atoms with Crippen LogP contribution >= 0.6 is 0 Å². The zero-order valence-electron chi connectivity index (χ0n) is 10.0. The predicted molar refractivity (Wildman–Crippen MR) is 62.1 cm³/mol. The first kappa shape index (κ1) is 12.5. The number of aromatic nitrogens is 2. The molecule has 1 saturated heterocycles. The number of likely N-dealkylation sites (N-methyl/N-ethyl adjacent to an activating group) is 1. The van der Waals surface area contributed by atoms with Gasteiger partial charge in [0.2, 0.25) is 0 Å². The molecule has 7 heteroatoms. The minimum atomic E-state index is -3.47. The largest absolute Gasteiger partial charge is 0.377 e. The van der Waals surface area contributed by atoms with Crippen molar-refractivity contribution in [3.05, 3.63) is 12.0 Å². The Morgan fingerprint density at radius 1 is 1.65 bits per heavy atom. The number of sulfonamides is 1. The first-order chi connectivity index (χ1) is 8.00. The van der Waals surface area contributed by atoms with Gasteiger partial charge in [0.15, 0.2) is 5.03 Å². The zero-order chi connectivity index (χ0) is 12.5. The summed E-state index contributed by atoms with van der Waals surface area (Å²) in [6.07, 6.45) is 3.28. The van der Waals surface area contributed by atoms with Crippen LogP contribution < -0.4 is 0 Å². The highest BCUT2D eigenvalue weighted by atomic mass is 32.2. The van der Waals surface area contributed by atoms with Crippen molar-refractivity contribution in [3.63, 3.8) is 0 Å². The lowest BCUT2D eigenvalue weighted by atomic mass is 10.2. The SMILES string of the molecule is Cc1ncc(S(=O)(=O)N(C)CC2CCCO2)[nH]1. The Labute approximate surface area is 101 Å². The molecular weight excluding hydrogens is 242 g/mol. The molecule has 1 aromatic rings. The maximum atomic E-state index is 12.1. The molecular formula is C10H17N3O3S. The molecule has 6 nitrogen and oxygen atoms in total. The van der Waals surface area contributed by atoms with Crippen LogP contribution in [0.4, 0.5) is 0 Å². The van der Waals surface area contributed by atoms with Crippen molar-refractivity contribution in [2.75, 3.05) is 20.2 Å². The number of aromatic amines is 1. The summed E-state index contributed by atoms with van der Waals surface area (Å²) >= 11 is 0. The van der Waals surface area contributed by atoms with Crippen LogP contribution in [-0.2, 0) is 14.8 Å². The Kier molecular flexibility index (Phi) is 3.50. The molecule has 0 bridgehead atoms. The van der Waals surface area contributed by atoms with E-state index in [-0.39, 0.29) is 11.1 Å². The number of nitrogens with one attached hydrogen (secondary N) is 1. The number of ether oxygens (including phenoxy) is 1. The summed E-state index contributed by atoms with van der Waals surface area (Å²) in [4.78, 5) is 6.65. The van der Waals surface area contributed by atoms with Crippen LogP contribution in [0.1, 0.15) is 18.7 Å². The molecule has 96 valence electrons. The molecule has 17 heavy (non-hydrogen) atoms. The van der Waals surface area contributed by atoms with E-state index in [1.807, 2.05) is 0 Å². The minimum absolute atomic E-state index is 0.0128. The van der Waals surface area contributed by atoms with Crippen molar-refractivity contribution in [3.8, 4) is 0 Å². The maximum absolute atomic E-state index is 12.1. The summed E-state index contributed by atoms with van der Waals surface area (Å²) in [5.41, 5.74) is 0. The first-order valence-corrected chi connectivity index (χ1v) is 7.03. The summed E-state index contributed by atoms with van der Waals surface area (Å²) in [6.45, 7) is 2.83. The molecule has 1 aromatic heterocycles. The normalized spacial score (nSPS) is 21.2. The second-order valence-electron chi connectivity index (χ2n) is 4.25. The molecule has 2 rings (SSSR count). The summed E-state index contributed by atoms with van der Waals surface area (Å²) in [5.74, 6) is 0.592. The predicted octanol–water partition coefficient (Wildman–Crippen LogP) is 0.518. The van der Waals surface area contributed by atoms with Gasteiger partial charge < -0.3 is 9.72 Å². The molecule has 0 spiro atoms. The number of hydrogen-bond donors (Lipinski definition) is 1. The molecule has 1 aliphatic heterocycles. The van der Waals surface area contributed by atoms with Crippen molar-refractivity contribution in [1.29, 1.82) is 0 Å². The summed E-state index contributed by atoms with van der Waals surface area (Å²) in [6, 6.07) is 0. The molecule has 0 radical (unpaired) electrons. The van der Waals surface area contributed by atoms with Crippen molar-refractivity contribution in [1.82, 2.24) is 14.3 Å². The third-order valence-corrected chi connectivity index (χ3v) is 4.59. The van der Waals surface area contributed by atoms with Crippen LogP contribution in [0.25, 0.3) is 0 Å². The smallest absolute Gasteiger partial charge is 0.259 e. The highest BCUT2D eigenvalue weighted by molar-refractivity contribution is 7.89. The Bertz CT molecular complexity index is 477. The standard InChI is InChI=1S/C10H17N3O3S/c1-8-11-6-10(12-8)17(14,15)13(2)7-9-4-3-5-16-9/h6,9H,3-5,7H2,1-2H3,(H,11,12). The average Bonchev–Trinajstić information content (AvgIpc) is 2.89. The molecule has 1 aliphatic rings. The third kappa shape index (κ3) is 2.67. The van der Waals surface area contributed by atoms with Crippen LogP contribution in [0.2, 0.25) is 0 Å². The van der Waals surface area contributed by atoms with Gasteiger partial charge in [-0.3, -0.25) is 0 Å². The number of aryl methyl sites for hydroxylation is 1. The van der Waals surface area contributed by atoms with E-state index in [0.717, 1.165) is 19.4 Å². The van der Waals surface area contributed by atoms with E-state index in [4.69, 9.17) is 4.74 Å². The second-order valence-corrected chi connectivity index (χ2v) is 6.27. The molecule has 1 atom stereocenters. The average molecular weight is 259 g/mol. The topological polar surface area (TPSA) is 75.3 Å². The van der Waals surface area contributed by atoms with E-state index in [1.165, 1.54) is 10.5 Å². The highest BCUT2D eigenvalue weighted by Gasteiger charge is 2.27. The monoisotopic (exact) mass is 259 g/mol. The third-order valence-electron chi connectivity index (χ3n) is 2.85. The summed E-state index contributed by atoms with van der Waals surface area (Å²) in [7, 11) is -1.91. The number of nitrogens with zero attached hydrogens (tertiary/aromatic N) is 2. The van der Waals surface area contributed by atoms with Crippen molar-refractivity contribution in [2.45, 2.75) is 30.9 Å². The molecule has 2 heterocycles. The number of rotatable bonds is 4. The van der Waals surface area contributed by atoms with Crippen LogP contribution in [0.3, 0.4) is 0 Å². The van der Waals surface area contributed by atoms with E-state index in [0.29, 0.717) is 12.4 Å². The van der Waals surface area contributed by atoms with Gasteiger partial charge in [0.05, 0.1) is 12.3 Å². The van der Waals surface area contributed by atoms with Crippen LogP contribution in [0.5, 0.6) is 0 Å². The fourth-order valence-corrected chi connectivity index (χ4v) is 3.03. The van der Waals surface area contributed by atoms with Crippen LogP contribution in [0, 0.1) is 6.92 Å². The summed E-state index contributed by atoms with van der Waals surface area (Å²) in [5, 5.41) is 0.135. The van der Waals surface area contributed by atoms with E-state index < -0.39 is 10.0 Å². The van der Waals surface area contributed by atoms with Gasteiger partial charge in [-0.1, -0.05) is 0 Å². The Balaban J connectivity index is 2.09. The highest BCUT2D eigenvalue weighted by Crippen LogP contribution is 2.17. The van der Waals surface area contributed by atoms with E-state index >= 15 is 0 Å². The molecule has 1 fully saturated rings. The fourth-order valence-electron chi connectivity index (χ4n) is 1.87.